The van der Waals surface area contributed by atoms with Crippen molar-refractivity contribution in [2.45, 2.75) is 0 Å². The van der Waals surface area contributed by atoms with Gasteiger partial charge < -0.3 is 0 Å². The number of hydrogen-bond donors (Lipinski definition) is 0. The third-order valence-electron chi connectivity index (χ3n) is 0. The quantitative estimate of drug-likeness (QED) is 0.384. The molecule has 0 bridgehead atoms. The summed E-state index contributed by atoms with van der Waals surface area (Å²) >= 11 is 0. The van der Waals surface area contributed by atoms with Gasteiger partial charge in [0.1, 0.15) is 0 Å². The van der Waals surface area contributed by atoms with Crippen LogP contribution in [-0.2, 0) is 54.3 Å². The molecule has 0 aromatic carbocycles. The molecule has 0 saturated heterocycles. The SMILES string of the molecule is B.P.[Co].[Ni].[W]. The molecule has 0 rings (SSSR count). The van der Waals surface area contributed by atoms with E-state index in [9.17, 15) is 0 Å². The summed E-state index contributed by atoms with van der Waals surface area (Å²) < 4.78 is 0. The normalized spacial score (nSPS) is 0. The van der Waals surface area contributed by atoms with Crippen LogP contribution in [0.25, 0.3) is 0 Å². The first-order valence-electron chi connectivity index (χ1n) is 0. The van der Waals surface area contributed by atoms with Crippen LogP contribution >= 0.6 is 9.90 Å². The van der Waals surface area contributed by atoms with Crippen molar-refractivity contribution in [1.29, 1.82) is 0 Å². The van der Waals surface area contributed by atoms with Gasteiger partial charge in [-0.2, -0.15) is 9.90 Å². The molecule has 0 spiro atoms. The molecule has 0 aliphatic rings. The van der Waals surface area contributed by atoms with Crippen molar-refractivity contribution in [3.8, 4) is 0 Å². The Bertz CT molecular complexity index is 11.6. The van der Waals surface area contributed by atoms with E-state index in [4.69, 9.17) is 0 Å². The van der Waals surface area contributed by atoms with Crippen molar-refractivity contribution in [1.82, 2.24) is 0 Å². The molecule has 0 aliphatic carbocycles. The van der Waals surface area contributed by atoms with E-state index in [0.717, 1.165) is 0 Å². The Balaban J connectivity index is 0. The van der Waals surface area contributed by atoms with Crippen LogP contribution in [-0.4, -0.2) is 8.41 Å². The Morgan fingerprint density at radius 1 is 1.00 bits per heavy atom. The fourth-order valence-electron chi connectivity index (χ4n) is 0. The van der Waals surface area contributed by atoms with Gasteiger partial charge in [0.2, 0.25) is 0 Å². The van der Waals surface area contributed by atoms with E-state index in [2.05, 4.69) is 0 Å². The Labute approximate surface area is 72.2 Å². The van der Waals surface area contributed by atoms with Crippen molar-refractivity contribution >= 4 is 18.3 Å². The van der Waals surface area contributed by atoms with Crippen LogP contribution in [0.1, 0.15) is 0 Å². The maximum atomic E-state index is 0. The van der Waals surface area contributed by atoms with Crippen molar-refractivity contribution < 1.29 is 54.3 Å². The molecule has 0 saturated carbocycles. The molecule has 0 aliphatic heterocycles. The topological polar surface area (TPSA) is 0 Å². The summed E-state index contributed by atoms with van der Waals surface area (Å²) in [6, 6.07) is 0. The average Bonchev–Trinajstić information content (AvgIpc) is 0. The second-order valence-electron chi connectivity index (χ2n) is 0. The van der Waals surface area contributed by atoms with E-state index in [0.29, 0.717) is 0 Å². The maximum Gasteiger partial charge on any atom is 0.0814 e. The van der Waals surface area contributed by atoms with E-state index in [1.807, 2.05) is 0 Å². The molecule has 0 amide bonds. The van der Waals surface area contributed by atoms with E-state index in [1.165, 1.54) is 0 Å². The van der Waals surface area contributed by atoms with Gasteiger partial charge in [0.25, 0.3) is 0 Å². The van der Waals surface area contributed by atoms with Crippen LogP contribution < -0.4 is 0 Å². The van der Waals surface area contributed by atoms with Gasteiger partial charge in [-0.15, -0.1) is 0 Å². The summed E-state index contributed by atoms with van der Waals surface area (Å²) in [5.74, 6) is 0. The van der Waals surface area contributed by atoms with E-state index in [-0.39, 0.29) is 72.6 Å². The Kier molecular flexibility index (Phi) is 402. The number of hydrogen-bond acceptors (Lipinski definition) is 0. The molecule has 1 atom stereocenters. The monoisotopic (exact) mass is 349 g/mol. The van der Waals surface area contributed by atoms with Gasteiger partial charge in [-0.3, -0.25) is 0 Å². The second kappa shape index (κ2) is 34.9. The van der Waals surface area contributed by atoms with Crippen LogP contribution in [0.3, 0.4) is 0 Å². The molecule has 0 aromatic heterocycles. The zero-order chi connectivity index (χ0) is 0. The molecule has 0 aromatic rings. The first kappa shape index (κ1) is 57.6. The first-order valence-corrected chi connectivity index (χ1v) is 0. The third-order valence-corrected chi connectivity index (χ3v) is 0. The predicted octanol–water partition coefficient (Wildman–Crippen LogP) is -1.13. The molecule has 0 nitrogen and oxygen atoms in total. The zero-order valence-corrected chi connectivity index (χ0v) is 8.14. The van der Waals surface area contributed by atoms with Crippen LogP contribution in [0.4, 0.5) is 0 Å². The van der Waals surface area contributed by atoms with Gasteiger partial charge in [-0.1, -0.05) is 0 Å². The Morgan fingerprint density at radius 3 is 1.00 bits per heavy atom. The van der Waals surface area contributed by atoms with Gasteiger partial charge in [-0.25, -0.2) is 0 Å². The van der Waals surface area contributed by atoms with Crippen LogP contribution in [0.15, 0.2) is 0 Å². The number of rotatable bonds is 0. The third kappa shape index (κ3) is 22.7. The molecule has 1 radical (unpaired) electrons. The Hall–Kier alpha value is 2.18. The summed E-state index contributed by atoms with van der Waals surface area (Å²) in [5.41, 5.74) is 0. The van der Waals surface area contributed by atoms with E-state index in [1.54, 1.807) is 0 Å². The smallest absolute Gasteiger partial charge is 0.0814 e. The van der Waals surface area contributed by atoms with Crippen molar-refractivity contribution in [2.24, 2.45) is 0 Å². The van der Waals surface area contributed by atoms with Gasteiger partial charge in [0, 0.05) is 54.3 Å². The molecule has 0 fully saturated rings. The largest absolute Gasteiger partial charge is 0.153 e. The van der Waals surface area contributed by atoms with Crippen molar-refractivity contribution in [3.63, 3.8) is 0 Å². The minimum Gasteiger partial charge on any atom is -0.153 e. The molecule has 0 heterocycles. The molecule has 5 heavy (non-hydrogen) atoms. The summed E-state index contributed by atoms with van der Waals surface area (Å²) in [6.07, 6.45) is 0. The molecule has 5 heteroatoms. The van der Waals surface area contributed by atoms with Gasteiger partial charge in [-0.05, 0) is 0 Å². The predicted molar refractivity (Wildman–Crippen MR) is 21.0 cm³/mol. The van der Waals surface area contributed by atoms with E-state index < -0.39 is 0 Å². The van der Waals surface area contributed by atoms with Crippen molar-refractivity contribution in [2.75, 3.05) is 0 Å². The second-order valence-corrected chi connectivity index (χ2v) is 0. The summed E-state index contributed by atoms with van der Waals surface area (Å²) in [5, 5.41) is 0. The molecular formula is H6BCoNiPW. The van der Waals surface area contributed by atoms with E-state index >= 15 is 0 Å². The van der Waals surface area contributed by atoms with Gasteiger partial charge in [0.05, 0.1) is 8.41 Å². The van der Waals surface area contributed by atoms with Gasteiger partial charge >= 0.3 is 0 Å². The van der Waals surface area contributed by atoms with Crippen LogP contribution in [0.5, 0.6) is 0 Å². The fourth-order valence-corrected chi connectivity index (χ4v) is 0. The van der Waals surface area contributed by atoms with Crippen molar-refractivity contribution in [3.05, 3.63) is 0 Å². The minimum absolute atomic E-state index is 0. The summed E-state index contributed by atoms with van der Waals surface area (Å²) in [7, 11) is 0. The zero-order valence-electron chi connectivity index (χ0n) is 1.76. The summed E-state index contributed by atoms with van der Waals surface area (Å²) in [4.78, 5) is 0. The molecule has 1 unspecified atom stereocenters. The van der Waals surface area contributed by atoms with Crippen LogP contribution in [0, 0.1) is 0 Å². The minimum atomic E-state index is 0. The average molecular weight is 349 g/mol. The standard InChI is InChI=1S/BH3.Co.Ni.H3P.W/h1H3;;;1H3;. The molecule has 0 N–H and O–H groups in total. The fraction of sp³-hybridized carbons (Fsp3) is 0. The molecule has 39 valence electrons. The molecular weight excluding hydrogens is 343 g/mol. The van der Waals surface area contributed by atoms with Gasteiger partial charge in [0.15, 0.2) is 0 Å². The maximum absolute atomic E-state index is 0. The first-order chi connectivity index (χ1) is 0. The van der Waals surface area contributed by atoms with Crippen LogP contribution in [0.2, 0.25) is 0 Å². The summed E-state index contributed by atoms with van der Waals surface area (Å²) in [6.45, 7) is 0. The Morgan fingerprint density at radius 2 is 1.00 bits per heavy atom.